The monoisotopic (exact) mass is 1010 g/mol. The SMILES string of the molecule is CCCCCCCCS(=O)N(CC1CCN(C)CC1)C(CCCCCOC(=O)CCC(OCCCCCC)OCCCCCC)CCCCCOC(=O)CCC(OCCCCCC)OCCCCCC. The van der Waals surface area contributed by atoms with Crippen molar-refractivity contribution in [2.45, 2.75) is 284 Å². The lowest BCUT2D eigenvalue weighted by Gasteiger charge is -2.36. The van der Waals surface area contributed by atoms with Gasteiger partial charge in [0.25, 0.3) is 0 Å². The van der Waals surface area contributed by atoms with E-state index in [0.29, 0.717) is 71.2 Å². The predicted octanol–water partition coefficient (Wildman–Crippen LogP) is 14.8. The lowest BCUT2D eigenvalue weighted by Crippen LogP contribution is -2.43. The average molecular weight is 1020 g/mol. The van der Waals surface area contributed by atoms with E-state index in [9.17, 15) is 13.8 Å². The van der Waals surface area contributed by atoms with Crippen molar-refractivity contribution in [2.24, 2.45) is 5.92 Å². The highest BCUT2D eigenvalue weighted by Gasteiger charge is 2.28. The van der Waals surface area contributed by atoms with Gasteiger partial charge < -0.3 is 33.3 Å². The fourth-order valence-electron chi connectivity index (χ4n) is 9.16. The number of unbranched alkanes of at least 4 members (excludes halogenated alkanes) is 21. The Morgan fingerprint density at radius 1 is 0.471 bits per heavy atom. The van der Waals surface area contributed by atoms with Crippen molar-refractivity contribution in [3.63, 3.8) is 0 Å². The predicted molar refractivity (Wildman–Crippen MR) is 292 cm³/mol. The zero-order chi connectivity index (χ0) is 51.0. The van der Waals surface area contributed by atoms with Crippen LogP contribution in [0.5, 0.6) is 0 Å². The molecule has 70 heavy (non-hydrogen) atoms. The summed E-state index contributed by atoms with van der Waals surface area (Å²) in [7, 11) is 1.18. The summed E-state index contributed by atoms with van der Waals surface area (Å²) in [5.41, 5.74) is 0. The molecule has 0 bridgehead atoms. The van der Waals surface area contributed by atoms with E-state index >= 15 is 0 Å². The number of hydrogen-bond donors (Lipinski definition) is 0. The number of carbonyl (C=O) groups excluding carboxylic acids is 2. The molecule has 1 rings (SSSR count). The molecule has 1 saturated heterocycles. The maximum absolute atomic E-state index is 14.3. The van der Waals surface area contributed by atoms with Crippen LogP contribution in [0, 0.1) is 5.92 Å². The van der Waals surface area contributed by atoms with Crippen molar-refractivity contribution in [1.82, 2.24) is 9.21 Å². The van der Waals surface area contributed by atoms with E-state index in [1.54, 1.807) is 0 Å². The summed E-state index contributed by atoms with van der Waals surface area (Å²) in [5, 5.41) is 0. The number of hydrogen-bond acceptors (Lipinski definition) is 10. The van der Waals surface area contributed by atoms with E-state index in [-0.39, 0.29) is 30.6 Å². The molecule has 0 amide bonds. The Balaban J connectivity index is 2.79. The molecule has 1 aliphatic rings. The van der Waals surface area contributed by atoms with Crippen LogP contribution in [-0.2, 0) is 49.0 Å². The molecule has 0 aliphatic carbocycles. The lowest BCUT2D eigenvalue weighted by molar-refractivity contribution is -0.159. The van der Waals surface area contributed by atoms with Gasteiger partial charge in [0.05, 0.1) is 37.0 Å². The Morgan fingerprint density at radius 2 is 0.814 bits per heavy atom. The van der Waals surface area contributed by atoms with Gasteiger partial charge in [-0.25, -0.2) is 8.51 Å². The molecular weight excluding hydrogens is 901 g/mol. The molecule has 0 radical (unpaired) electrons. The van der Waals surface area contributed by atoms with Crippen LogP contribution >= 0.6 is 0 Å². The van der Waals surface area contributed by atoms with Crippen molar-refractivity contribution in [2.75, 3.05) is 72.1 Å². The van der Waals surface area contributed by atoms with Crippen molar-refractivity contribution < 1.29 is 42.2 Å². The van der Waals surface area contributed by atoms with E-state index in [4.69, 9.17) is 28.4 Å². The third-order valence-electron chi connectivity index (χ3n) is 13.9. The number of rotatable bonds is 53. The Bertz CT molecular complexity index is 1090. The molecule has 1 heterocycles. The highest BCUT2D eigenvalue weighted by atomic mass is 32.2. The van der Waals surface area contributed by atoms with Crippen molar-refractivity contribution in [3.05, 3.63) is 0 Å². The molecule has 1 atom stereocenters. The molecular formula is C58H114N2O9S. The lowest BCUT2D eigenvalue weighted by atomic mass is 9.95. The molecule has 1 fully saturated rings. The standard InChI is InChI=1S/C58H114N2O9S/c1-7-12-17-22-23-34-51-70(63)60(52-53-41-43-59(6)44-42-53)54(35-26-24-32-45-64-55(61)37-39-57(66-47-28-18-13-8-2)67-48-29-19-14-9-3)36-27-25-33-46-65-56(62)38-40-58(68-49-30-20-15-10-4)69-50-31-21-16-11-5/h53-54,57-58H,7-52H2,1-6H3. The van der Waals surface area contributed by atoms with Gasteiger partial charge in [-0.2, -0.15) is 0 Å². The minimum atomic E-state index is -1.03. The van der Waals surface area contributed by atoms with E-state index in [0.717, 1.165) is 154 Å². The summed E-state index contributed by atoms with van der Waals surface area (Å²) in [6, 6.07) is 0.229. The molecule has 11 nitrogen and oxygen atoms in total. The normalized spacial score (nSPS) is 14.2. The van der Waals surface area contributed by atoms with Gasteiger partial charge in [-0.15, -0.1) is 0 Å². The summed E-state index contributed by atoms with van der Waals surface area (Å²) in [6.45, 7) is 17.7. The highest BCUT2D eigenvalue weighted by Crippen LogP contribution is 2.26. The quantitative estimate of drug-likeness (QED) is 0.0332. The molecule has 1 unspecified atom stereocenters. The van der Waals surface area contributed by atoms with Gasteiger partial charge in [0.1, 0.15) is 0 Å². The highest BCUT2D eigenvalue weighted by molar-refractivity contribution is 7.82. The van der Waals surface area contributed by atoms with Crippen LogP contribution in [0.2, 0.25) is 0 Å². The van der Waals surface area contributed by atoms with Crippen LogP contribution in [-0.4, -0.2) is 116 Å². The van der Waals surface area contributed by atoms with Gasteiger partial charge in [-0.3, -0.25) is 9.59 Å². The maximum Gasteiger partial charge on any atom is 0.305 e. The zero-order valence-electron chi connectivity index (χ0n) is 46.8. The van der Waals surface area contributed by atoms with Crippen molar-refractivity contribution >= 4 is 22.9 Å². The number of esters is 2. The molecule has 0 saturated carbocycles. The minimum absolute atomic E-state index is 0.180. The third kappa shape index (κ3) is 40.3. The third-order valence-corrected chi connectivity index (χ3v) is 15.5. The summed E-state index contributed by atoms with van der Waals surface area (Å²) in [5.74, 6) is 0.937. The molecule has 0 aromatic rings. The second-order valence-corrected chi connectivity index (χ2v) is 22.1. The van der Waals surface area contributed by atoms with Gasteiger partial charge in [0.15, 0.2) is 12.6 Å². The fourth-order valence-corrected chi connectivity index (χ4v) is 10.8. The second kappa shape index (κ2) is 50.0. The number of carbonyl (C=O) groups is 2. The number of likely N-dealkylation sites (tertiary alicyclic amines) is 1. The summed E-state index contributed by atoms with van der Waals surface area (Å²) in [6.07, 6.45) is 36.2. The molecule has 416 valence electrons. The first-order valence-corrected chi connectivity index (χ1v) is 31.2. The van der Waals surface area contributed by atoms with Gasteiger partial charge in [0.2, 0.25) is 0 Å². The maximum atomic E-state index is 14.3. The van der Waals surface area contributed by atoms with E-state index in [1.807, 2.05) is 0 Å². The fraction of sp³-hybridized carbons (Fsp3) is 0.966. The number of piperidine rings is 1. The van der Waals surface area contributed by atoms with Gasteiger partial charge >= 0.3 is 11.9 Å². The molecule has 0 spiro atoms. The first-order chi connectivity index (χ1) is 34.3. The van der Waals surface area contributed by atoms with Gasteiger partial charge in [0, 0.05) is 57.6 Å². The molecule has 0 aromatic heterocycles. The van der Waals surface area contributed by atoms with E-state index in [1.165, 1.54) is 77.0 Å². The van der Waals surface area contributed by atoms with Crippen molar-refractivity contribution in [3.8, 4) is 0 Å². The Kier molecular flexibility index (Phi) is 47.8. The van der Waals surface area contributed by atoms with Crippen LogP contribution in [0.25, 0.3) is 0 Å². The molecule has 0 N–H and O–H groups in total. The number of nitrogens with zero attached hydrogens (tertiary/aromatic N) is 2. The van der Waals surface area contributed by atoms with Crippen molar-refractivity contribution in [1.29, 1.82) is 0 Å². The van der Waals surface area contributed by atoms with E-state index in [2.05, 4.69) is 50.9 Å². The van der Waals surface area contributed by atoms with E-state index < -0.39 is 11.0 Å². The molecule has 1 aliphatic heterocycles. The first kappa shape index (κ1) is 66.9. The zero-order valence-corrected chi connectivity index (χ0v) is 47.6. The minimum Gasteiger partial charge on any atom is -0.466 e. The van der Waals surface area contributed by atoms with Gasteiger partial charge in [-0.05, 0) is 96.7 Å². The first-order valence-electron chi connectivity index (χ1n) is 29.9. The second-order valence-electron chi connectivity index (χ2n) is 20.6. The van der Waals surface area contributed by atoms with Gasteiger partial charge in [-0.1, -0.05) is 169 Å². The Labute approximate surface area is 435 Å². The van der Waals surface area contributed by atoms with Crippen LogP contribution in [0.15, 0.2) is 0 Å². The van der Waals surface area contributed by atoms with Crippen LogP contribution < -0.4 is 0 Å². The summed E-state index contributed by atoms with van der Waals surface area (Å²) < 4.78 is 52.5. The average Bonchev–Trinajstić information content (AvgIpc) is 3.36. The Morgan fingerprint density at radius 3 is 1.21 bits per heavy atom. The van der Waals surface area contributed by atoms with Crippen LogP contribution in [0.3, 0.4) is 0 Å². The Hall–Kier alpha value is -1.15. The summed E-state index contributed by atoms with van der Waals surface area (Å²) in [4.78, 5) is 28.1. The number of ether oxygens (including phenoxy) is 6. The largest absolute Gasteiger partial charge is 0.466 e. The smallest absolute Gasteiger partial charge is 0.305 e. The topological polar surface area (TPSA) is 113 Å². The van der Waals surface area contributed by atoms with Crippen LogP contribution in [0.1, 0.15) is 266 Å². The summed E-state index contributed by atoms with van der Waals surface area (Å²) >= 11 is 0. The molecule has 0 aromatic carbocycles. The molecule has 12 heteroatoms. The van der Waals surface area contributed by atoms with Crippen LogP contribution in [0.4, 0.5) is 0 Å².